The smallest absolute Gasteiger partial charge is 0.326 e. The van der Waals surface area contributed by atoms with Gasteiger partial charge in [0.05, 0.1) is 6.42 Å². The number of carboxylic acid groups (broad SMARTS) is 2. The molecule has 0 radical (unpaired) electrons. The molecule has 2 aromatic rings. The minimum Gasteiger partial charge on any atom is -0.481 e. The number of carbonyl (C=O) groups excluding carboxylic acids is 1. The number of carbonyl (C=O) groups is 3. The van der Waals surface area contributed by atoms with E-state index in [1.165, 1.54) is 0 Å². The van der Waals surface area contributed by atoms with E-state index in [0.29, 0.717) is 0 Å². The quantitative estimate of drug-likeness (QED) is 0.611. The number of rotatable bonds is 7. The minimum atomic E-state index is -1.24. The van der Waals surface area contributed by atoms with E-state index >= 15 is 0 Å². The van der Waals surface area contributed by atoms with Crippen LogP contribution in [0, 0.1) is 0 Å². The molecule has 0 aliphatic rings. The van der Waals surface area contributed by atoms with Crippen LogP contribution in [0.2, 0.25) is 0 Å². The molecule has 0 spiro atoms. The van der Waals surface area contributed by atoms with Crippen molar-refractivity contribution in [2.45, 2.75) is 25.3 Å². The second kappa shape index (κ2) is 6.75. The highest BCUT2D eigenvalue weighted by Gasteiger charge is 2.21. The summed E-state index contributed by atoms with van der Waals surface area (Å²) in [4.78, 5) is 36.6. The van der Waals surface area contributed by atoms with E-state index in [1.54, 1.807) is 6.20 Å². The lowest BCUT2D eigenvalue weighted by atomic mass is 10.1. The summed E-state index contributed by atoms with van der Waals surface area (Å²) in [6.45, 7) is 0. The average Bonchev–Trinajstić information content (AvgIpc) is 2.86. The van der Waals surface area contributed by atoms with Crippen molar-refractivity contribution in [1.82, 2.24) is 10.3 Å². The molecule has 0 saturated heterocycles. The van der Waals surface area contributed by atoms with Gasteiger partial charge in [-0.25, -0.2) is 4.79 Å². The first kappa shape index (κ1) is 15.6. The molecule has 1 amide bonds. The largest absolute Gasteiger partial charge is 0.481 e. The van der Waals surface area contributed by atoms with Crippen molar-refractivity contribution in [2.75, 3.05) is 0 Å². The molecule has 116 valence electrons. The van der Waals surface area contributed by atoms with E-state index < -0.39 is 23.9 Å². The highest BCUT2D eigenvalue weighted by atomic mass is 16.4. The number of amides is 1. The maximum atomic E-state index is 12.0. The molecule has 0 fully saturated rings. The van der Waals surface area contributed by atoms with Gasteiger partial charge in [0.25, 0.3) is 0 Å². The SMILES string of the molecule is O=C(O)CC[C@H](NC(=O)Cc1c[nH][13c]2[13cH][13cH][13cH][13cH][13c]12)C(=O)O. The van der Waals surface area contributed by atoms with Crippen molar-refractivity contribution in [3.63, 3.8) is 0 Å². The number of hydrogen-bond acceptors (Lipinski definition) is 3. The minimum absolute atomic E-state index is 0.0286. The van der Waals surface area contributed by atoms with Crippen LogP contribution >= 0.6 is 0 Å². The van der Waals surface area contributed by atoms with Crippen molar-refractivity contribution in [2.24, 2.45) is 0 Å². The molecule has 1 atom stereocenters. The Kier molecular flexibility index (Phi) is 4.77. The molecule has 1 aromatic carbocycles. The van der Waals surface area contributed by atoms with E-state index in [9.17, 15) is 14.4 Å². The maximum Gasteiger partial charge on any atom is 0.326 e. The third-order valence-corrected chi connectivity index (χ3v) is 3.31. The first-order chi connectivity index (χ1) is 10.5. The van der Waals surface area contributed by atoms with Gasteiger partial charge in [-0.1, -0.05) is 18.2 Å². The van der Waals surface area contributed by atoms with Crippen LogP contribution in [0.15, 0.2) is 30.5 Å². The summed E-state index contributed by atoms with van der Waals surface area (Å²) in [6.07, 6.45) is 1.27. The number of aliphatic carboxylic acids is 2. The predicted octanol–water partition coefficient (Wildman–Crippen LogP) is 1.14. The first-order valence-corrected chi connectivity index (χ1v) is 6.76. The molecular formula is C15H16N2O5. The zero-order valence-electron chi connectivity index (χ0n) is 11.7. The van der Waals surface area contributed by atoms with Crippen molar-refractivity contribution < 1.29 is 24.6 Å². The van der Waals surface area contributed by atoms with E-state index in [-0.39, 0.29) is 19.3 Å². The fourth-order valence-electron chi connectivity index (χ4n) is 2.22. The van der Waals surface area contributed by atoms with Crippen molar-refractivity contribution >= 4 is 28.7 Å². The lowest BCUT2D eigenvalue weighted by Crippen LogP contribution is -2.41. The standard InChI is InChI=1S/C15H16N2O5/c18-13(17-12(15(21)22)5-6-14(19)20)7-9-8-16-11-4-2-1-3-10(9)11/h1-4,8,12,16H,5-7H2,(H,17,18)(H,19,20)(H,21,22)/t12-/m0/s1/i1+1,2+1,3+1,4+1,10+1,11+1. The molecule has 1 aromatic heterocycles. The molecule has 0 bridgehead atoms. The summed E-state index contributed by atoms with van der Waals surface area (Å²) in [7, 11) is 0. The van der Waals surface area contributed by atoms with Crippen LogP contribution in [0.1, 0.15) is 18.4 Å². The van der Waals surface area contributed by atoms with Gasteiger partial charge in [0, 0.05) is 23.5 Å². The highest BCUT2D eigenvalue weighted by Crippen LogP contribution is 2.18. The van der Waals surface area contributed by atoms with Crippen molar-refractivity contribution in [1.29, 1.82) is 0 Å². The van der Waals surface area contributed by atoms with Crippen LogP contribution in [0.25, 0.3) is 10.9 Å². The molecule has 0 unspecified atom stereocenters. The number of benzene rings is 1. The molecule has 7 nitrogen and oxygen atoms in total. The Morgan fingerprint density at radius 3 is 2.59 bits per heavy atom. The van der Waals surface area contributed by atoms with Gasteiger partial charge >= 0.3 is 11.9 Å². The van der Waals surface area contributed by atoms with Crippen molar-refractivity contribution in [3.8, 4) is 0 Å². The second-order valence-electron chi connectivity index (χ2n) is 4.93. The normalized spacial score (nSPS) is 12.0. The van der Waals surface area contributed by atoms with Gasteiger partial charge < -0.3 is 20.5 Å². The Morgan fingerprint density at radius 2 is 1.91 bits per heavy atom. The molecular weight excluding hydrogens is 294 g/mol. The third kappa shape index (κ3) is 3.85. The van der Waals surface area contributed by atoms with Crippen LogP contribution in [-0.2, 0) is 20.8 Å². The summed E-state index contributed by atoms with van der Waals surface area (Å²) in [5, 5.41) is 20.9. The second-order valence-corrected chi connectivity index (χ2v) is 4.93. The fourth-order valence-corrected chi connectivity index (χ4v) is 2.22. The van der Waals surface area contributed by atoms with Gasteiger partial charge in [-0.3, -0.25) is 9.59 Å². The topological polar surface area (TPSA) is 119 Å². The lowest BCUT2D eigenvalue weighted by molar-refractivity contribution is -0.143. The molecule has 0 saturated carbocycles. The molecule has 0 aliphatic heterocycles. The van der Waals surface area contributed by atoms with E-state index in [1.807, 2.05) is 24.3 Å². The van der Waals surface area contributed by atoms with Gasteiger partial charge in [-0.05, 0) is 18.1 Å². The summed E-state index contributed by atoms with van der Waals surface area (Å²) < 4.78 is 0. The molecule has 2 rings (SSSR count). The number of aromatic nitrogens is 1. The van der Waals surface area contributed by atoms with E-state index in [4.69, 9.17) is 10.2 Å². The first-order valence-electron chi connectivity index (χ1n) is 6.76. The van der Waals surface area contributed by atoms with Gasteiger partial charge in [-0.2, -0.15) is 0 Å². The zero-order valence-corrected chi connectivity index (χ0v) is 11.7. The average molecular weight is 310 g/mol. The Hall–Kier alpha value is -2.83. The Balaban J connectivity index is 2.01. The van der Waals surface area contributed by atoms with Gasteiger partial charge in [-0.15, -0.1) is 0 Å². The summed E-state index contributed by atoms with van der Waals surface area (Å²) in [5.41, 5.74) is 1.65. The lowest BCUT2D eigenvalue weighted by Gasteiger charge is -2.13. The Labute approximate surface area is 125 Å². The summed E-state index contributed by atoms with van der Waals surface area (Å²) in [6, 6.07) is 6.27. The summed E-state index contributed by atoms with van der Waals surface area (Å²) >= 11 is 0. The molecule has 7 heteroatoms. The molecule has 0 aliphatic carbocycles. The highest BCUT2D eigenvalue weighted by molar-refractivity contribution is 5.90. The number of hydrogen-bond donors (Lipinski definition) is 4. The number of nitrogens with one attached hydrogen (secondary N) is 2. The monoisotopic (exact) mass is 310 g/mol. The Bertz CT molecular complexity index is 707. The number of carboxylic acids is 2. The third-order valence-electron chi connectivity index (χ3n) is 3.31. The van der Waals surface area contributed by atoms with Crippen LogP contribution in [-0.4, -0.2) is 39.1 Å². The Morgan fingerprint density at radius 1 is 1.18 bits per heavy atom. The number of H-pyrrole nitrogens is 1. The zero-order chi connectivity index (χ0) is 16.1. The fraction of sp³-hybridized carbons (Fsp3) is 0.267. The van der Waals surface area contributed by atoms with Crippen LogP contribution in [0.4, 0.5) is 0 Å². The van der Waals surface area contributed by atoms with Crippen LogP contribution in [0.3, 0.4) is 0 Å². The van der Waals surface area contributed by atoms with Crippen molar-refractivity contribution in [3.05, 3.63) is 36.0 Å². The van der Waals surface area contributed by atoms with Gasteiger partial charge in [0.2, 0.25) is 5.91 Å². The molecule has 22 heavy (non-hydrogen) atoms. The van der Waals surface area contributed by atoms with Crippen LogP contribution < -0.4 is 5.32 Å². The predicted molar refractivity (Wildman–Crippen MR) is 78.4 cm³/mol. The van der Waals surface area contributed by atoms with E-state index in [0.717, 1.165) is 16.5 Å². The van der Waals surface area contributed by atoms with Gasteiger partial charge in [0.1, 0.15) is 6.04 Å². The number of aromatic amines is 1. The van der Waals surface area contributed by atoms with E-state index in [2.05, 4.69) is 10.3 Å². The maximum absolute atomic E-state index is 12.0. The van der Waals surface area contributed by atoms with Gasteiger partial charge in [0.15, 0.2) is 0 Å². The van der Waals surface area contributed by atoms with Crippen LogP contribution in [0.5, 0.6) is 0 Å². The summed E-state index contributed by atoms with van der Waals surface area (Å²) in [5.74, 6) is -2.80. The molecule has 4 N–H and O–H groups in total. The number of fused-ring (bicyclic) bond motifs is 1. The number of para-hydroxylation sites is 1. The molecule has 1 heterocycles.